The summed E-state index contributed by atoms with van der Waals surface area (Å²) >= 11 is 13.9. The maximum absolute atomic E-state index is 9.54. The third-order valence-electron chi connectivity index (χ3n) is 0. The monoisotopic (exact) mass is 149 g/mol. The van der Waals surface area contributed by atoms with Crippen molar-refractivity contribution in [1.29, 1.82) is 0 Å². The van der Waals surface area contributed by atoms with Crippen LogP contribution in [-0.2, 0) is 4.80 Å². The predicted octanol–water partition coefficient (Wildman–Crippen LogP) is 1.57. The summed E-state index contributed by atoms with van der Waals surface area (Å²) < 4.78 is 0. The largest absolute Gasteiger partial charge is 0.521 e. The zero-order valence-corrected chi connectivity index (χ0v) is 5.31. The molecule has 0 bridgehead atoms. The Morgan fingerprint density at radius 2 is 1.20 bits per heavy atom. The summed E-state index contributed by atoms with van der Waals surface area (Å²) in [6.07, 6.45) is -3.44. The first-order valence-corrected chi connectivity index (χ1v) is 5.71. The van der Waals surface area contributed by atoms with Crippen LogP contribution in [0, 0.1) is 0 Å². The molecule has 5 heteroatoms. The van der Waals surface area contributed by atoms with Crippen LogP contribution in [0.2, 0.25) is 0 Å². The number of hydrogen-bond acceptors (Lipinski definition) is 0. The van der Waals surface area contributed by atoms with E-state index in [1.54, 1.807) is 0 Å². The van der Waals surface area contributed by atoms with Crippen LogP contribution < -0.4 is 0 Å². The minimum absolute atomic E-state index is 3.44. The van der Waals surface area contributed by atoms with E-state index in [0.717, 1.165) is 0 Å². The van der Waals surface area contributed by atoms with Crippen LogP contribution in [0.4, 0.5) is 0 Å². The summed E-state index contributed by atoms with van der Waals surface area (Å²) in [7, 11) is 0. The summed E-state index contributed by atoms with van der Waals surface area (Å²) in [6.45, 7) is 0. The fourth-order valence-corrected chi connectivity index (χ4v) is 0. The van der Waals surface area contributed by atoms with Gasteiger partial charge in [-0.1, -0.05) is 33.2 Å². The normalized spacial score (nSPS) is 12.0. The average Bonchev–Trinajstić information content (AvgIpc) is 0.722. The van der Waals surface area contributed by atoms with Crippen molar-refractivity contribution in [3.63, 3.8) is 0 Å². The van der Waals surface area contributed by atoms with Gasteiger partial charge in [-0.15, -0.1) is 0 Å². The predicted molar refractivity (Wildman–Crippen MR) is 24.0 cm³/mol. The Morgan fingerprint density at radius 1 is 1.20 bits per heavy atom. The Labute approximate surface area is 44.7 Å². The third kappa shape index (κ3) is 42.8. The van der Waals surface area contributed by atoms with Gasteiger partial charge in [-0.3, -0.25) is 0 Å². The first-order chi connectivity index (χ1) is 2.00. The van der Waals surface area contributed by atoms with Crippen molar-refractivity contribution in [3.8, 4) is 0 Å². The SMILES string of the molecule is [O][Si](Cl)(Cl)Cl. The Kier molecular flexibility index (Phi) is 2.01. The van der Waals surface area contributed by atoms with Gasteiger partial charge in [0.1, 0.15) is 0 Å². The molecule has 0 unspecified atom stereocenters. The van der Waals surface area contributed by atoms with Gasteiger partial charge in [-0.05, 0) is 0 Å². The van der Waals surface area contributed by atoms with Gasteiger partial charge in [0.05, 0.1) is 0 Å². The lowest BCUT2D eigenvalue weighted by Gasteiger charge is -1.83. The van der Waals surface area contributed by atoms with Crippen LogP contribution in [0.1, 0.15) is 0 Å². The molecule has 0 amide bonds. The second kappa shape index (κ2) is 1.66. The molecule has 0 fully saturated rings. The van der Waals surface area contributed by atoms with Crippen LogP contribution in [0.5, 0.6) is 0 Å². The average molecular weight is 150 g/mol. The van der Waals surface area contributed by atoms with E-state index in [0.29, 0.717) is 0 Å². The van der Waals surface area contributed by atoms with E-state index < -0.39 is 6.25 Å². The van der Waals surface area contributed by atoms with Crippen molar-refractivity contribution in [1.82, 2.24) is 0 Å². The lowest BCUT2D eigenvalue weighted by Crippen LogP contribution is -2.02. The molecule has 0 atom stereocenters. The first kappa shape index (κ1) is 6.05. The number of rotatable bonds is 0. The summed E-state index contributed by atoms with van der Waals surface area (Å²) in [5, 5.41) is 0. The van der Waals surface area contributed by atoms with Gasteiger partial charge in [-0.25, -0.2) is 4.80 Å². The minimum atomic E-state index is -3.44. The smallest absolute Gasteiger partial charge is 0.236 e. The highest BCUT2D eigenvalue weighted by molar-refractivity contribution is 7.61. The van der Waals surface area contributed by atoms with Gasteiger partial charge in [0.25, 0.3) is 0 Å². The number of halogens is 3. The molecule has 0 aromatic heterocycles. The Hall–Kier alpha value is 1.05. The van der Waals surface area contributed by atoms with Crippen molar-refractivity contribution in [2.75, 3.05) is 0 Å². The van der Waals surface area contributed by atoms with E-state index in [1.165, 1.54) is 0 Å². The standard InChI is InChI=1S/Cl3OSi/c1-5(2,3)4. The molecule has 0 aliphatic rings. The van der Waals surface area contributed by atoms with Gasteiger partial charge in [0, 0.05) is 0 Å². The molecule has 1 nitrogen and oxygen atoms in total. The molecule has 0 spiro atoms. The molecule has 0 aromatic rings. The molecule has 0 saturated heterocycles. The number of hydrogen-bond donors (Lipinski definition) is 0. The zero-order chi connectivity index (χ0) is 4.50. The highest BCUT2D eigenvalue weighted by atomic mass is 35.8. The van der Waals surface area contributed by atoms with E-state index >= 15 is 0 Å². The third-order valence-corrected chi connectivity index (χ3v) is 0. The Bertz CT molecular complexity index is 22.4. The van der Waals surface area contributed by atoms with Gasteiger partial charge in [0.2, 0.25) is 0 Å². The quantitative estimate of drug-likeness (QED) is 0.369. The molecule has 0 N–H and O–H groups in total. The molecule has 0 heterocycles. The molecular weight excluding hydrogens is 150 g/mol. The van der Waals surface area contributed by atoms with E-state index in [4.69, 9.17) is 0 Å². The van der Waals surface area contributed by atoms with Crippen molar-refractivity contribution in [3.05, 3.63) is 0 Å². The fourth-order valence-electron chi connectivity index (χ4n) is 0. The molecule has 5 heavy (non-hydrogen) atoms. The van der Waals surface area contributed by atoms with Crippen LogP contribution >= 0.6 is 33.2 Å². The molecular formula is Cl3OSi. The van der Waals surface area contributed by atoms with Crippen molar-refractivity contribution in [2.24, 2.45) is 0 Å². The Morgan fingerprint density at radius 3 is 1.20 bits per heavy atom. The Balaban J connectivity index is 3.02. The molecule has 0 aromatic carbocycles. The maximum atomic E-state index is 9.54. The first-order valence-electron chi connectivity index (χ1n) is 0.771. The second-order valence-corrected chi connectivity index (χ2v) is 7.87. The highest BCUT2D eigenvalue weighted by Crippen LogP contribution is 2.14. The molecule has 0 aliphatic carbocycles. The summed E-state index contributed by atoms with van der Waals surface area (Å²) in [6, 6.07) is 0. The van der Waals surface area contributed by atoms with E-state index in [9.17, 15) is 4.80 Å². The summed E-state index contributed by atoms with van der Waals surface area (Å²) in [5.74, 6) is 0. The van der Waals surface area contributed by atoms with Crippen molar-refractivity contribution in [2.45, 2.75) is 0 Å². The van der Waals surface area contributed by atoms with Crippen molar-refractivity contribution < 1.29 is 4.80 Å². The summed E-state index contributed by atoms with van der Waals surface area (Å²) in [5.41, 5.74) is 0. The molecule has 0 aliphatic heterocycles. The van der Waals surface area contributed by atoms with E-state index in [2.05, 4.69) is 33.2 Å². The molecule has 1 radical (unpaired) electrons. The molecule has 0 saturated carbocycles. The van der Waals surface area contributed by atoms with E-state index in [-0.39, 0.29) is 0 Å². The summed E-state index contributed by atoms with van der Waals surface area (Å²) in [4.78, 5) is 9.54. The maximum Gasteiger partial charge on any atom is 0.521 e. The van der Waals surface area contributed by atoms with Crippen LogP contribution in [0.25, 0.3) is 0 Å². The zero-order valence-electron chi connectivity index (χ0n) is 2.04. The van der Waals surface area contributed by atoms with Gasteiger partial charge >= 0.3 is 6.25 Å². The minimum Gasteiger partial charge on any atom is -0.236 e. The fraction of sp³-hybridized carbons (Fsp3) is 0. The van der Waals surface area contributed by atoms with Gasteiger partial charge < -0.3 is 0 Å². The van der Waals surface area contributed by atoms with Crippen molar-refractivity contribution >= 4 is 39.5 Å². The second-order valence-electron chi connectivity index (χ2n) is 0.446. The lowest BCUT2D eigenvalue weighted by molar-refractivity contribution is 0.475. The topological polar surface area (TPSA) is 19.9 Å². The molecule has 31 valence electrons. The lowest BCUT2D eigenvalue weighted by atomic mass is 15.9. The molecule has 0 rings (SSSR count). The van der Waals surface area contributed by atoms with Crippen LogP contribution in [0.3, 0.4) is 0 Å². The van der Waals surface area contributed by atoms with Crippen LogP contribution in [0.15, 0.2) is 0 Å². The highest BCUT2D eigenvalue weighted by Gasteiger charge is 2.22. The van der Waals surface area contributed by atoms with Gasteiger partial charge in [-0.2, -0.15) is 0 Å². The van der Waals surface area contributed by atoms with Crippen LogP contribution in [-0.4, -0.2) is 6.25 Å². The van der Waals surface area contributed by atoms with E-state index in [1.807, 2.05) is 0 Å². The van der Waals surface area contributed by atoms with Gasteiger partial charge in [0.15, 0.2) is 0 Å².